The Balaban J connectivity index is 1.88. The van der Waals surface area contributed by atoms with Crippen molar-refractivity contribution in [3.63, 3.8) is 0 Å². The molecule has 0 spiro atoms. The Morgan fingerprint density at radius 3 is 2.56 bits per heavy atom. The molecular formula is C28H35N3O5. The number of ether oxygens (including phenoxy) is 2. The number of aromatic nitrogens is 1. The molecule has 1 aromatic carbocycles. The lowest BCUT2D eigenvalue weighted by Crippen LogP contribution is -2.74. The molecule has 192 valence electrons. The molecule has 1 aromatic heterocycles. The van der Waals surface area contributed by atoms with E-state index in [4.69, 9.17) is 9.47 Å². The van der Waals surface area contributed by atoms with E-state index in [1.54, 1.807) is 12.0 Å². The minimum Gasteiger partial charge on any atom is -0.497 e. The van der Waals surface area contributed by atoms with Crippen LogP contribution in [0.3, 0.4) is 0 Å². The van der Waals surface area contributed by atoms with Crippen molar-refractivity contribution in [1.82, 2.24) is 14.4 Å². The predicted molar refractivity (Wildman–Crippen MR) is 136 cm³/mol. The highest BCUT2D eigenvalue weighted by Crippen LogP contribution is 2.53. The number of carbonyl (C=O) groups excluding carboxylic acids is 2. The molecule has 0 aliphatic carbocycles. The first-order chi connectivity index (χ1) is 17.1. The smallest absolute Gasteiger partial charge is 0.279 e. The maximum Gasteiger partial charge on any atom is 0.279 e. The van der Waals surface area contributed by atoms with Crippen LogP contribution in [0, 0.1) is 0 Å². The van der Waals surface area contributed by atoms with E-state index in [9.17, 15) is 14.7 Å². The van der Waals surface area contributed by atoms with Crippen molar-refractivity contribution in [3.8, 4) is 5.75 Å². The summed E-state index contributed by atoms with van der Waals surface area (Å²) in [6.45, 7) is 9.04. The highest BCUT2D eigenvalue weighted by molar-refractivity contribution is 6.02. The van der Waals surface area contributed by atoms with Crippen LogP contribution in [-0.4, -0.2) is 63.8 Å². The van der Waals surface area contributed by atoms with Gasteiger partial charge in [0, 0.05) is 37.2 Å². The fourth-order valence-electron chi connectivity index (χ4n) is 6.14. The molecule has 2 aromatic rings. The number of nitrogens with zero attached hydrogens (tertiary/aromatic N) is 3. The quantitative estimate of drug-likeness (QED) is 0.640. The number of methoxy groups -OCH3 is 2. The average Bonchev–Trinajstić information content (AvgIpc) is 3.44. The van der Waals surface area contributed by atoms with E-state index in [-0.39, 0.29) is 5.91 Å². The third kappa shape index (κ3) is 3.34. The monoisotopic (exact) mass is 493 g/mol. The number of allylic oxidation sites excluding steroid dienone is 3. The van der Waals surface area contributed by atoms with Gasteiger partial charge in [0.1, 0.15) is 17.9 Å². The Labute approximate surface area is 211 Å². The summed E-state index contributed by atoms with van der Waals surface area (Å²) in [6.07, 6.45) is 4.39. The lowest BCUT2D eigenvalue weighted by Gasteiger charge is -2.55. The molecule has 2 amide bonds. The van der Waals surface area contributed by atoms with Crippen LogP contribution in [0.2, 0.25) is 0 Å². The number of amides is 2. The van der Waals surface area contributed by atoms with Crippen LogP contribution in [0.25, 0.3) is 10.9 Å². The molecule has 0 bridgehead atoms. The zero-order valence-corrected chi connectivity index (χ0v) is 21.9. The van der Waals surface area contributed by atoms with E-state index in [0.29, 0.717) is 25.3 Å². The van der Waals surface area contributed by atoms with E-state index in [2.05, 4.69) is 10.6 Å². The highest BCUT2D eigenvalue weighted by Gasteiger charge is 2.66. The fourth-order valence-corrected chi connectivity index (χ4v) is 6.14. The summed E-state index contributed by atoms with van der Waals surface area (Å²) >= 11 is 0. The zero-order valence-electron chi connectivity index (χ0n) is 21.9. The zero-order chi connectivity index (χ0) is 25.9. The summed E-state index contributed by atoms with van der Waals surface area (Å²) in [4.78, 5) is 30.9. The van der Waals surface area contributed by atoms with Gasteiger partial charge in [-0.3, -0.25) is 14.5 Å². The van der Waals surface area contributed by atoms with E-state index in [1.807, 2.05) is 52.0 Å². The van der Waals surface area contributed by atoms with Gasteiger partial charge in [-0.05, 0) is 52.7 Å². The minimum atomic E-state index is -2.15. The second kappa shape index (κ2) is 8.78. The normalized spacial score (nSPS) is 27.0. The standard InChI is InChI=1S/C28H35N3O5/c1-16(2)11-13-29-21-15-18(35-5)9-10-19(21)23-24(29)22(14-17(3)4)31-26(32)20-8-7-12-30(20)27(33)28(31,34)25(23)36-6/h9-11,14-15,20,22,25,34H,7-8,12-13H2,1-6H3/t20-,22-,25-,28-/m0/s1. The van der Waals surface area contributed by atoms with Crippen LogP contribution in [0.1, 0.15) is 63.9 Å². The first-order valence-corrected chi connectivity index (χ1v) is 12.5. The van der Waals surface area contributed by atoms with Crippen LogP contribution in [0.5, 0.6) is 5.75 Å². The van der Waals surface area contributed by atoms with Gasteiger partial charge in [0.25, 0.3) is 11.6 Å². The van der Waals surface area contributed by atoms with Gasteiger partial charge in [0.2, 0.25) is 5.91 Å². The Kier molecular flexibility index (Phi) is 6.00. The largest absolute Gasteiger partial charge is 0.497 e. The van der Waals surface area contributed by atoms with Crippen LogP contribution >= 0.6 is 0 Å². The summed E-state index contributed by atoms with van der Waals surface area (Å²) in [5, 5.41) is 13.1. The van der Waals surface area contributed by atoms with E-state index in [1.165, 1.54) is 12.0 Å². The van der Waals surface area contributed by atoms with Gasteiger partial charge in [0.05, 0.1) is 24.4 Å². The first-order valence-electron chi connectivity index (χ1n) is 12.5. The van der Waals surface area contributed by atoms with Crippen molar-refractivity contribution >= 4 is 22.7 Å². The van der Waals surface area contributed by atoms with Crippen LogP contribution in [0.15, 0.2) is 41.5 Å². The maximum atomic E-state index is 14.0. The van der Waals surface area contributed by atoms with Crippen LogP contribution < -0.4 is 4.74 Å². The molecule has 2 saturated heterocycles. The molecule has 4 atom stereocenters. The van der Waals surface area contributed by atoms with E-state index >= 15 is 0 Å². The van der Waals surface area contributed by atoms with E-state index in [0.717, 1.165) is 39.7 Å². The molecule has 8 heteroatoms. The number of fused-ring (bicyclic) bond motifs is 5. The summed E-state index contributed by atoms with van der Waals surface area (Å²) in [5.74, 6) is 0.00197. The SMILES string of the molecule is COc1ccc2c3c(n(CC=C(C)C)c2c1)[C@H](C=C(C)C)N1C(=O)[C@@H]2CCCN2C(=O)[C@@]1(O)[C@H]3OC. The minimum absolute atomic E-state index is 0.235. The molecule has 0 radical (unpaired) electrons. The second-order valence-electron chi connectivity index (χ2n) is 10.5. The molecule has 0 unspecified atom stereocenters. The van der Waals surface area contributed by atoms with Gasteiger partial charge in [-0.25, -0.2) is 0 Å². The molecule has 3 aliphatic heterocycles. The lowest BCUT2D eigenvalue weighted by atomic mass is 9.82. The first kappa shape index (κ1) is 24.6. The van der Waals surface area contributed by atoms with Crippen molar-refractivity contribution in [2.24, 2.45) is 0 Å². The van der Waals surface area contributed by atoms with Gasteiger partial charge in [-0.1, -0.05) is 23.3 Å². The van der Waals surface area contributed by atoms with Crippen molar-refractivity contribution in [2.45, 2.75) is 71.0 Å². The summed E-state index contributed by atoms with van der Waals surface area (Å²) < 4.78 is 13.6. The van der Waals surface area contributed by atoms with Gasteiger partial charge in [-0.2, -0.15) is 0 Å². The number of aliphatic hydroxyl groups is 1. The van der Waals surface area contributed by atoms with Crippen molar-refractivity contribution in [1.29, 1.82) is 0 Å². The molecule has 3 aliphatic rings. The molecule has 0 saturated carbocycles. The number of carbonyl (C=O) groups is 2. The molecule has 1 N–H and O–H groups in total. The van der Waals surface area contributed by atoms with Gasteiger partial charge in [-0.15, -0.1) is 0 Å². The Morgan fingerprint density at radius 1 is 1.17 bits per heavy atom. The number of hydrogen-bond acceptors (Lipinski definition) is 5. The van der Waals surface area contributed by atoms with Gasteiger partial charge < -0.3 is 24.0 Å². The molecule has 2 fully saturated rings. The molecule has 4 heterocycles. The van der Waals surface area contributed by atoms with Crippen molar-refractivity contribution in [3.05, 3.63) is 52.8 Å². The third-order valence-electron chi connectivity index (χ3n) is 7.67. The molecule has 36 heavy (non-hydrogen) atoms. The van der Waals surface area contributed by atoms with Crippen LogP contribution in [0.4, 0.5) is 0 Å². The summed E-state index contributed by atoms with van der Waals surface area (Å²) in [7, 11) is 3.12. The Bertz CT molecular complexity index is 1300. The van der Waals surface area contributed by atoms with Gasteiger partial charge in [0.15, 0.2) is 0 Å². The van der Waals surface area contributed by atoms with Crippen LogP contribution in [-0.2, 0) is 20.9 Å². The van der Waals surface area contributed by atoms with Gasteiger partial charge >= 0.3 is 0 Å². The van der Waals surface area contributed by atoms with E-state index < -0.39 is 29.8 Å². The highest BCUT2D eigenvalue weighted by atomic mass is 16.5. The third-order valence-corrected chi connectivity index (χ3v) is 7.67. The number of piperazine rings is 1. The lowest BCUT2D eigenvalue weighted by molar-refractivity contribution is -0.233. The number of rotatable bonds is 5. The van der Waals surface area contributed by atoms with Crippen molar-refractivity contribution in [2.75, 3.05) is 20.8 Å². The maximum absolute atomic E-state index is 14.0. The Hall–Kier alpha value is -3.10. The number of benzene rings is 1. The summed E-state index contributed by atoms with van der Waals surface area (Å²) in [5.41, 5.74) is 2.48. The fraction of sp³-hybridized carbons (Fsp3) is 0.500. The Morgan fingerprint density at radius 2 is 1.92 bits per heavy atom. The number of hydrogen-bond donors (Lipinski definition) is 1. The summed E-state index contributed by atoms with van der Waals surface area (Å²) in [6, 6.07) is 4.59. The average molecular weight is 494 g/mol. The predicted octanol–water partition coefficient (Wildman–Crippen LogP) is 3.85. The molecular weight excluding hydrogens is 458 g/mol. The van der Waals surface area contributed by atoms with Crippen molar-refractivity contribution < 1.29 is 24.2 Å². The molecule has 5 rings (SSSR count). The topological polar surface area (TPSA) is 84.2 Å². The second-order valence-corrected chi connectivity index (χ2v) is 10.5. The molecule has 8 nitrogen and oxygen atoms in total.